The second kappa shape index (κ2) is 5.07. The van der Waals surface area contributed by atoms with E-state index in [0.29, 0.717) is 13.0 Å². The smallest absolute Gasteiger partial charge is 0.229 e. The quantitative estimate of drug-likeness (QED) is 0.791. The van der Waals surface area contributed by atoms with Gasteiger partial charge in [0.15, 0.2) is 0 Å². The average Bonchev–Trinajstić information content (AvgIpc) is 2.51. The van der Waals surface area contributed by atoms with E-state index in [1.807, 2.05) is 12.3 Å². The molecule has 0 spiro atoms. The van der Waals surface area contributed by atoms with Crippen molar-refractivity contribution in [3.8, 4) is 0 Å². The molecule has 0 aromatic carbocycles. The van der Waals surface area contributed by atoms with Gasteiger partial charge in [0.1, 0.15) is 5.01 Å². The molecule has 1 heterocycles. The molecule has 0 fully saturated rings. The molecular weight excluding hydrogens is 200 g/mol. The van der Waals surface area contributed by atoms with Crippen molar-refractivity contribution >= 4 is 17.2 Å². The Morgan fingerprint density at radius 2 is 2.43 bits per heavy atom. The summed E-state index contributed by atoms with van der Waals surface area (Å²) < 4.78 is 0. The zero-order valence-corrected chi connectivity index (χ0v) is 9.17. The fourth-order valence-corrected chi connectivity index (χ4v) is 1.79. The Balaban J connectivity index is 2.48. The van der Waals surface area contributed by atoms with Crippen LogP contribution < -0.4 is 0 Å². The van der Waals surface area contributed by atoms with E-state index in [9.17, 15) is 4.79 Å². The van der Waals surface area contributed by atoms with Crippen LogP contribution in [-0.4, -0.2) is 41.1 Å². The molecule has 0 aliphatic carbocycles. The molecule has 0 radical (unpaired) electrons. The van der Waals surface area contributed by atoms with Gasteiger partial charge in [-0.05, 0) is 6.92 Å². The largest absolute Gasteiger partial charge is 0.395 e. The number of carbonyl (C=O) groups excluding carboxylic acids is 1. The summed E-state index contributed by atoms with van der Waals surface area (Å²) in [4.78, 5) is 17.2. The van der Waals surface area contributed by atoms with Crippen LogP contribution in [0.4, 0.5) is 0 Å². The molecule has 1 aromatic heterocycles. The van der Waals surface area contributed by atoms with Crippen LogP contribution in [-0.2, 0) is 11.2 Å². The first-order valence-corrected chi connectivity index (χ1v) is 5.27. The highest BCUT2D eigenvalue weighted by Gasteiger charge is 2.10. The molecular formula is C9H14N2O2S. The van der Waals surface area contributed by atoms with Crippen molar-refractivity contribution in [3.05, 3.63) is 16.1 Å². The predicted octanol–water partition coefficient (Wildman–Crippen LogP) is 0.445. The SMILES string of the molecule is Cc1csc(CC(=O)N(C)CCO)n1. The number of carbonyl (C=O) groups is 1. The molecule has 1 rings (SSSR count). The Bertz CT molecular complexity index is 312. The van der Waals surface area contributed by atoms with Gasteiger partial charge >= 0.3 is 0 Å². The van der Waals surface area contributed by atoms with E-state index >= 15 is 0 Å². The maximum absolute atomic E-state index is 11.5. The normalized spacial score (nSPS) is 10.2. The summed E-state index contributed by atoms with van der Waals surface area (Å²) in [7, 11) is 1.68. The minimum atomic E-state index is -0.00611. The van der Waals surface area contributed by atoms with E-state index < -0.39 is 0 Å². The summed E-state index contributed by atoms with van der Waals surface area (Å²) in [5.74, 6) is -0.00611. The fourth-order valence-electron chi connectivity index (χ4n) is 1.02. The molecule has 4 nitrogen and oxygen atoms in total. The molecule has 0 unspecified atom stereocenters. The number of nitrogens with zero attached hydrogens (tertiary/aromatic N) is 2. The number of aromatic nitrogens is 1. The highest BCUT2D eigenvalue weighted by Crippen LogP contribution is 2.09. The van der Waals surface area contributed by atoms with E-state index in [1.54, 1.807) is 7.05 Å². The summed E-state index contributed by atoms with van der Waals surface area (Å²) >= 11 is 1.49. The van der Waals surface area contributed by atoms with E-state index in [2.05, 4.69) is 4.98 Å². The number of hydrogen-bond acceptors (Lipinski definition) is 4. The molecule has 78 valence electrons. The van der Waals surface area contributed by atoms with Gasteiger partial charge in [0.05, 0.1) is 13.0 Å². The molecule has 5 heteroatoms. The topological polar surface area (TPSA) is 53.4 Å². The van der Waals surface area contributed by atoms with Crippen molar-refractivity contribution in [1.82, 2.24) is 9.88 Å². The van der Waals surface area contributed by atoms with Crippen LogP contribution in [0.2, 0.25) is 0 Å². The van der Waals surface area contributed by atoms with Crippen LogP contribution in [0.25, 0.3) is 0 Å². The van der Waals surface area contributed by atoms with Crippen molar-refractivity contribution in [2.45, 2.75) is 13.3 Å². The Morgan fingerprint density at radius 1 is 1.71 bits per heavy atom. The van der Waals surface area contributed by atoms with Crippen LogP contribution in [0.5, 0.6) is 0 Å². The highest BCUT2D eigenvalue weighted by atomic mass is 32.1. The molecule has 1 amide bonds. The predicted molar refractivity (Wildman–Crippen MR) is 55.3 cm³/mol. The monoisotopic (exact) mass is 214 g/mol. The first kappa shape index (κ1) is 11.1. The summed E-state index contributed by atoms with van der Waals surface area (Å²) in [6, 6.07) is 0. The maximum Gasteiger partial charge on any atom is 0.229 e. The van der Waals surface area contributed by atoms with E-state index in [1.165, 1.54) is 16.2 Å². The molecule has 0 aliphatic heterocycles. The van der Waals surface area contributed by atoms with E-state index in [-0.39, 0.29) is 12.5 Å². The third kappa shape index (κ3) is 3.08. The summed E-state index contributed by atoms with van der Waals surface area (Å²) in [6.07, 6.45) is 0.328. The molecule has 14 heavy (non-hydrogen) atoms. The zero-order valence-electron chi connectivity index (χ0n) is 8.36. The lowest BCUT2D eigenvalue weighted by atomic mass is 10.4. The number of likely N-dealkylation sites (N-methyl/N-ethyl adjacent to an activating group) is 1. The lowest BCUT2D eigenvalue weighted by molar-refractivity contribution is -0.129. The number of hydrogen-bond donors (Lipinski definition) is 1. The van der Waals surface area contributed by atoms with Crippen LogP contribution in [0.15, 0.2) is 5.38 Å². The molecule has 0 aliphatic rings. The van der Waals surface area contributed by atoms with Crippen LogP contribution >= 0.6 is 11.3 Å². The third-order valence-electron chi connectivity index (χ3n) is 1.83. The number of amides is 1. The number of aliphatic hydroxyl groups is 1. The van der Waals surface area contributed by atoms with Crippen molar-refractivity contribution in [1.29, 1.82) is 0 Å². The third-order valence-corrected chi connectivity index (χ3v) is 2.80. The molecule has 0 saturated carbocycles. The van der Waals surface area contributed by atoms with Crippen molar-refractivity contribution in [2.75, 3.05) is 20.2 Å². The maximum atomic E-state index is 11.5. The van der Waals surface area contributed by atoms with Crippen LogP contribution in [0.3, 0.4) is 0 Å². The zero-order chi connectivity index (χ0) is 10.6. The Kier molecular flexibility index (Phi) is 4.03. The minimum absolute atomic E-state index is 0.000856. The van der Waals surface area contributed by atoms with Gasteiger partial charge in [-0.25, -0.2) is 4.98 Å². The lowest BCUT2D eigenvalue weighted by Crippen LogP contribution is -2.30. The second-order valence-corrected chi connectivity index (χ2v) is 4.04. The molecule has 0 bridgehead atoms. The fraction of sp³-hybridized carbons (Fsp3) is 0.556. The van der Waals surface area contributed by atoms with Gasteiger partial charge < -0.3 is 10.0 Å². The molecule has 1 aromatic rings. The van der Waals surface area contributed by atoms with Gasteiger partial charge in [-0.3, -0.25) is 4.79 Å². The van der Waals surface area contributed by atoms with Gasteiger partial charge in [-0.1, -0.05) is 0 Å². The summed E-state index contributed by atoms with van der Waals surface area (Å²) in [6.45, 7) is 2.28. The minimum Gasteiger partial charge on any atom is -0.395 e. The van der Waals surface area contributed by atoms with Crippen molar-refractivity contribution in [3.63, 3.8) is 0 Å². The first-order valence-electron chi connectivity index (χ1n) is 4.39. The number of aliphatic hydroxyl groups excluding tert-OH is 1. The number of rotatable bonds is 4. The van der Waals surface area contributed by atoms with Crippen LogP contribution in [0.1, 0.15) is 10.7 Å². The molecule has 0 atom stereocenters. The average molecular weight is 214 g/mol. The first-order chi connectivity index (χ1) is 6.63. The molecule has 1 N–H and O–H groups in total. The van der Waals surface area contributed by atoms with Gasteiger partial charge in [0, 0.05) is 24.7 Å². The van der Waals surface area contributed by atoms with Gasteiger partial charge in [-0.15, -0.1) is 11.3 Å². The van der Waals surface area contributed by atoms with Crippen molar-refractivity contribution < 1.29 is 9.90 Å². The highest BCUT2D eigenvalue weighted by molar-refractivity contribution is 7.09. The molecule has 0 saturated heterocycles. The Labute approximate surface area is 87.2 Å². The number of aryl methyl sites for hydroxylation is 1. The van der Waals surface area contributed by atoms with E-state index in [0.717, 1.165) is 10.7 Å². The summed E-state index contributed by atoms with van der Waals surface area (Å²) in [5.41, 5.74) is 0.947. The summed E-state index contributed by atoms with van der Waals surface area (Å²) in [5, 5.41) is 11.4. The standard InChI is InChI=1S/C9H14N2O2S/c1-7-6-14-8(10-7)5-9(13)11(2)3-4-12/h6,12H,3-5H2,1-2H3. The lowest BCUT2D eigenvalue weighted by Gasteiger charge is -2.14. The van der Waals surface area contributed by atoms with Gasteiger partial charge in [0.25, 0.3) is 0 Å². The van der Waals surface area contributed by atoms with Gasteiger partial charge in [0.2, 0.25) is 5.91 Å². The second-order valence-electron chi connectivity index (χ2n) is 3.10. The Morgan fingerprint density at radius 3 is 2.93 bits per heavy atom. The van der Waals surface area contributed by atoms with E-state index in [4.69, 9.17) is 5.11 Å². The van der Waals surface area contributed by atoms with Crippen LogP contribution in [0, 0.1) is 6.92 Å². The van der Waals surface area contributed by atoms with Crippen molar-refractivity contribution in [2.24, 2.45) is 0 Å². The van der Waals surface area contributed by atoms with Gasteiger partial charge in [-0.2, -0.15) is 0 Å². The number of thiazole rings is 1. The Hall–Kier alpha value is -0.940.